The van der Waals surface area contributed by atoms with Gasteiger partial charge in [-0.25, -0.2) is 9.97 Å². The molecule has 0 unspecified atom stereocenters. The highest BCUT2D eigenvalue weighted by molar-refractivity contribution is 5.50. The Kier molecular flexibility index (Phi) is 4.19. The van der Waals surface area contributed by atoms with Crippen molar-refractivity contribution in [2.75, 3.05) is 47.8 Å². The summed E-state index contributed by atoms with van der Waals surface area (Å²) in [7, 11) is 0. The van der Waals surface area contributed by atoms with E-state index in [0.717, 1.165) is 50.0 Å². The number of hydrogen-bond donors (Lipinski definition) is 1. The molecule has 2 aromatic rings. The Morgan fingerprint density at radius 2 is 1.67 bits per heavy atom. The number of hydrogen-bond acceptors (Lipinski definition) is 5. The first kappa shape index (κ1) is 13.7. The van der Waals surface area contributed by atoms with Crippen molar-refractivity contribution in [1.29, 1.82) is 0 Å². The number of anilines is 3. The summed E-state index contributed by atoms with van der Waals surface area (Å²) in [6.07, 6.45) is 3.76. The van der Waals surface area contributed by atoms with Gasteiger partial charge in [-0.2, -0.15) is 0 Å². The summed E-state index contributed by atoms with van der Waals surface area (Å²) in [6, 6.07) is 10.2. The van der Waals surface area contributed by atoms with Gasteiger partial charge in [-0.05, 0) is 31.2 Å². The van der Waals surface area contributed by atoms with Crippen LogP contribution >= 0.6 is 0 Å². The number of nitrogens with one attached hydrogen (secondary N) is 1. The maximum absolute atomic E-state index is 4.55. The molecule has 0 amide bonds. The molecule has 5 nitrogen and oxygen atoms in total. The first-order valence-electron chi connectivity index (χ1n) is 7.47. The largest absolute Gasteiger partial charge is 0.384 e. The maximum Gasteiger partial charge on any atom is 0.128 e. The van der Waals surface area contributed by atoms with Crippen molar-refractivity contribution in [3.63, 3.8) is 0 Å². The zero-order valence-electron chi connectivity index (χ0n) is 12.4. The van der Waals surface area contributed by atoms with E-state index in [-0.39, 0.29) is 0 Å². The van der Waals surface area contributed by atoms with E-state index in [2.05, 4.69) is 50.2 Å². The van der Waals surface area contributed by atoms with Crippen molar-refractivity contribution in [3.05, 3.63) is 42.7 Å². The Bertz CT molecular complexity index is 547. The second kappa shape index (κ2) is 6.43. The third-order valence-electron chi connectivity index (χ3n) is 3.71. The summed E-state index contributed by atoms with van der Waals surface area (Å²) in [5, 5.41) is 3.27. The van der Waals surface area contributed by atoms with E-state index in [4.69, 9.17) is 0 Å². The van der Waals surface area contributed by atoms with Crippen LogP contribution in [0.15, 0.2) is 42.7 Å². The van der Waals surface area contributed by atoms with E-state index >= 15 is 0 Å². The molecule has 3 rings (SSSR count). The van der Waals surface area contributed by atoms with Crippen LogP contribution in [0.2, 0.25) is 0 Å². The molecular weight excluding hydrogens is 262 g/mol. The van der Waals surface area contributed by atoms with Gasteiger partial charge in [0.2, 0.25) is 0 Å². The minimum Gasteiger partial charge on any atom is -0.384 e. The number of aromatic nitrogens is 2. The lowest BCUT2D eigenvalue weighted by molar-refractivity contribution is 0.642. The Labute approximate surface area is 125 Å². The third kappa shape index (κ3) is 3.24. The fourth-order valence-electron chi connectivity index (χ4n) is 2.59. The average Bonchev–Trinajstić information content (AvgIpc) is 2.57. The average molecular weight is 283 g/mol. The van der Waals surface area contributed by atoms with E-state index in [9.17, 15) is 0 Å². The lowest BCUT2D eigenvalue weighted by Crippen LogP contribution is -2.47. The summed E-state index contributed by atoms with van der Waals surface area (Å²) in [4.78, 5) is 13.6. The molecule has 1 saturated heterocycles. The topological polar surface area (TPSA) is 44.3 Å². The fraction of sp³-hybridized carbons (Fsp3) is 0.375. The van der Waals surface area contributed by atoms with Crippen LogP contribution in [0.4, 0.5) is 17.3 Å². The van der Waals surface area contributed by atoms with Gasteiger partial charge in [-0.1, -0.05) is 6.07 Å². The van der Waals surface area contributed by atoms with Gasteiger partial charge in [0, 0.05) is 38.9 Å². The van der Waals surface area contributed by atoms with Crippen LogP contribution < -0.4 is 15.1 Å². The molecule has 2 aromatic heterocycles. The summed E-state index contributed by atoms with van der Waals surface area (Å²) in [6.45, 7) is 6.92. The van der Waals surface area contributed by atoms with Gasteiger partial charge in [-0.3, -0.25) is 0 Å². The molecule has 1 fully saturated rings. The van der Waals surface area contributed by atoms with Crippen molar-refractivity contribution < 1.29 is 0 Å². The van der Waals surface area contributed by atoms with Gasteiger partial charge in [0.05, 0.1) is 11.9 Å². The van der Waals surface area contributed by atoms with Gasteiger partial charge in [0.15, 0.2) is 0 Å². The van der Waals surface area contributed by atoms with E-state index in [1.807, 2.05) is 24.5 Å². The SMILES string of the molecule is CCNc1ccc(N2CCN(c3ccccn3)CC2)nc1. The Morgan fingerprint density at radius 3 is 2.19 bits per heavy atom. The maximum atomic E-state index is 4.55. The van der Waals surface area contributed by atoms with Gasteiger partial charge in [0.1, 0.15) is 11.6 Å². The first-order valence-corrected chi connectivity index (χ1v) is 7.47. The molecule has 3 heterocycles. The van der Waals surface area contributed by atoms with Crippen LogP contribution in [0.25, 0.3) is 0 Å². The standard InChI is InChI=1S/C16H21N5/c1-2-17-14-6-7-16(19-13-14)21-11-9-20(10-12-21)15-5-3-4-8-18-15/h3-8,13,17H,2,9-12H2,1H3. The molecule has 1 aliphatic rings. The van der Waals surface area contributed by atoms with Crippen LogP contribution in [0.3, 0.4) is 0 Å². The number of piperazine rings is 1. The van der Waals surface area contributed by atoms with Gasteiger partial charge >= 0.3 is 0 Å². The second-order valence-corrected chi connectivity index (χ2v) is 5.10. The van der Waals surface area contributed by atoms with Gasteiger partial charge < -0.3 is 15.1 Å². The minimum absolute atomic E-state index is 0.920. The lowest BCUT2D eigenvalue weighted by Gasteiger charge is -2.36. The zero-order chi connectivity index (χ0) is 14.5. The Balaban J connectivity index is 1.60. The molecule has 0 bridgehead atoms. The van der Waals surface area contributed by atoms with Crippen molar-refractivity contribution >= 4 is 17.3 Å². The molecule has 21 heavy (non-hydrogen) atoms. The Morgan fingerprint density at radius 1 is 0.952 bits per heavy atom. The van der Waals surface area contributed by atoms with Gasteiger partial charge in [-0.15, -0.1) is 0 Å². The quantitative estimate of drug-likeness (QED) is 0.932. The van der Waals surface area contributed by atoms with E-state index in [1.54, 1.807) is 0 Å². The fourth-order valence-corrected chi connectivity index (χ4v) is 2.59. The van der Waals surface area contributed by atoms with Crippen molar-refractivity contribution in [3.8, 4) is 0 Å². The van der Waals surface area contributed by atoms with Crippen LogP contribution in [0.5, 0.6) is 0 Å². The van der Waals surface area contributed by atoms with Crippen LogP contribution in [-0.2, 0) is 0 Å². The molecule has 5 heteroatoms. The van der Waals surface area contributed by atoms with Crippen LogP contribution in [-0.4, -0.2) is 42.7 Å². The van der Waals surface area contributed by atoms with Crippen molar-refractivity contribution in [2.24, 2.45) is 0 Å². The molecule has 0 saturated carbocycles. The smallest absolute Gasteiger partial charge is 0.128 e. The number of nitrogens with zero attached hydrogens (tertiary/aromatic N) is 4. The summed E-state index contributed by atoms with van der Waals surface area (Å²) < 4.78 is 0. The summed E-state index contributed by atoms with van der Waals surface area (Å²) >= 11 is 0. The highest BCUT2D eigenvalue weighted by Gasteiger charge is 2.18. The molecule has 0 aromatic carbocycles. The second-order valence-electron chi connectivity index (χ2n) is 5.10. The lowest BCUT2D eigenvalue weighted by atomic mass is 10.3. The Hall–Kier alpha value is -2.30. The number of pyridine rings is 2. The van der Waals surface area contributed by atoms with E-state index in [1.165, 1.54) is 0 Å². The molecule has 0 spiro atoms. The van der Waals surface area contributed by atoms with E-state index in [0.29, 0.717) is 0 Å². The number of rotatable bonds is 4. The molecule has 110 valence electrons. The predicted molar refractivity (Wildman–Crippen MR) is 87.1 cm³/mol. The molecular formula is C16H21N5. The molecule has 1 N–H and O–H groups in total. The molecule has 0 atom stereocenters. The minimum atomic E-state index is 0.920. The van der Waals surface area contributed by atoms with Crippen molar-refractivity contribution in [2.45, 2.75) is 6.92 Å². The molecule has 0 aliphatic carbocycles. The van der Waals surface area contributed by atoms with E-state index < -0.39 is 0 Å². The van der Waals surface area contributed by atoms with Crippen LogP contribution in [0.1, 0.15) is 6.92 Å². The zero-order valence-corrected chi connectivity index (χ0v) is 12.4. The normalized spacial score (nSPS) is 15.1. The molecule has 1 aliphatic heterocycles. The predicted octanol–water partition coefficient (Wildman–Crippen LogP) is 2.24. The third-order valence-corrected chi connectivity index (χ3v) is 3.71. The van der Waals surface area contributed by atoms with Crippen LogP contribution in [0, 0.1) is 0 Å². The van der Waals surface area contributed by atoms with Gasteiger partial charge in [0.25, 0.3) is 0 Å². The monoisotopic (exact) mass is 283 g/mol. The highest BCUT2D eigenvalue weighted by atomic mass is 15.3. The first-order chi connectivity index (χ1) is 10.4. The summed E-state index contributed by atoms with van der Waals surface area (Å²) in [5.74, 6) is 2.12. The summed E-state index contributed by atoms with van der Waals surface area (Å²) in [5.41, 5.74) is 1.08. The highest BCUT2D eigenvalue weighted by Crippen LogP contribution is 2.18. The van der Waals surface area contributed by atoms with Crippen molar-refractivity contribution in [1.82, 2.24) is 9.97 Å². The molecule has 0 radical (unpaired) electrons.